The van der Waals surface area contributed by atoms with Crippen molar-refractivity contribution in [3.63, 3.8) is 0 Å². The van der Waals surface area contributed by atoms with E-state index in [0.717, 1.165) is 45.2 Å². The maximum atomic E-state index is 17.4. The number of benzene rings is 3. The third-order valence-electron chi connectivity index (χ3n) is 12.4. The number of pyridine rings is 1. The molecular weight excluding hydrogens is 783 g/mol. The predicted octanol–water partition coefficient (Wildman–Crippen LogP) is 7.97. The molecule has 0 aliphatic carbocycles. The number of carbonyl (C=O) groups excluding carboxylic acids is 2. The van der Waals surface area contributed by atoms with Crippen LogP contribution >= 0.6 is 0 Å². The van der Waals surface area contributed by atoms with Crippen molar-refractivity contribution < 1.29 is 37.3 Å². The number of halogens is 2. The fraction of sp³-hybridized carbons (Fsp3) is 0.426. The zero-order valence-corrected chi connectivity index (χ0v) is 34.5. The van der Waals surface area contributed by atoms with E-state index in [1.165, 1.54) is 30.5 Å². The first kappa shape index (κ1) is 40.5. The minimum absolute atomic E-state index is 0.00491. The highest BCUT2D eigenvalue weighted by atomic mass is 19.1. The van der Waals surface area contributed by atoms with Crippen LogP contribution in [0.2, 0.25) is 0 Å². The number of piperazine rings is 1. The van der Waals surface area contributed by atoms with Crippen molar-refractivity contribution in [2.75, 3.05) is 37.7 Å². The average molecular weight is 831 g/mol. The second kappa shape index (κ2) is 16.5. The van der Waals surface area contributed by atoms with Crippen LogP contribution in [0.15, 0.2) is 54.7 Å². The zero-order chi connectivity index (χ0) is 42.4. The Morgan fingerprint density at radius 3 is 2.56 bits per heavy atom. The molecule has 0 radical (unpaired) electrons. The minimum Gasteiger partial charge on any atom is -0.461 e. The van der Waals surface area contributed by atoms with Gasteiger partial charge in [-0.2, -0.15) is 9.97 Å². The Balaban J connectivity index is 1.05. The summed E-state index contributed by atoms with van der Waals surface area (Å²) in [5.74, 6) is 2.23. The maximum Gasteiger partial charge on any atom is 0.514 e. The van der Waals surface area contributed by atoms with Crippen LogP contribution in [0.25, 0.3) is 32.9 Å². The number of terminal acetylenes is 1. The van der Waals surface area contributed by atoms with E-state index in [1.54, 1.807) is 24.3 Å². The Morgan fingerprint density at radius 1 is 1.02 bits per heavy atom. The molecule has 2 bridgehead atoms. The van der Waals surface area contributed by atoms with Crippen LogP contribution in [0, 0.1) is 35.8 Å². The molecule has 61 heavy (non-hydrogen) atoms. The number of nitrogens with one attached hydrogen (secondary N) is 1. The third kappa shape index (κ3) is 8.16. The number of ether oxygens (including phenoxy) is 4. The van der Waals surface area contributed by atoms with Crippen LogP contribution in [0.3, 0.4) is 0 Å². The lowest BCUT2D eigenvalue weighted by atomic mass is 9.92. The summed E-state index contributed by atoms with van der Waals surface area (Å²) < 4.78 is 55.6. The van der Waals surface area contributed by atoms with E-state index in [0.29, 0.717) is 53.5 Å². The molecule has 1 N–H and O–H groups in total. The second-order valence-corrected chi connectivity index (χ2v) is 17.4. The summed E-state index contributed by atoms with van der Waals surface area (Å²) in [5.41, 5.74) is 0.323. The molecule has 4 aliphatic rings. The maximum absolute atomic E-state index is 17.4. The van der Waals surface area contributed by atoms with E-state index in [4.69, 9.17) is 35.3 Å². The van der Waals surface area contributed by atoms with Gasteiger partial charge in [0.2, 0.25) is 0 Å². The second-order valence-electron chi connectivity index (χ2n) is 17.4. The van der Waals surface area contributed by atoms with Gasteiger partial charge < -0.3 is 29.2 Å². The highest BCUT2D eigenvalue weighted by Gasteiger charge is 2.48. The Hall–Kier alpha value is -5.91. The average Bonchev–Trinajstić information content (AvgIpc) is 3.89. The molecule has 0 spiro atoms. The van der Waals surface area contributed by atoms with Crippen molar-refractivity contribution in [3.8, 4) is 41.1 Å². The number of hydrogen-bond donors (Lipinski definition) is 1. The molecule has 4 fully saturated rings. The van der Waals surface area contributed by atoms with Crippen LogP contribution < -0.4 is 24.4 Å². The fourth-order valence-electron chi connectivity index (χ4n) is 9.73. The van der Waals surface area contributed by atoms with Gasteiger partial charge in [0.1, 0.15) is 47.6 Å². The molecule has 0 amide bonds. The summed E-state index contributed by atoms with van der Waals surface area (Å²) in [4.78, 5) is 44.1. The first-order valence-electron chi connectivity index (χ1n) is 21.1. The topological polar surface area (TPSA) is 128 Å². The molecule has 6 heterocycles. The summed E-state index contributed by atoms with van der Waals surface area (Å²) in [6.45, 7) is 9.76. The number of anilines is 1. The number of fused-ring (bicyclic) bond motifs is 5. The molecule has 4 atom stereocenters. The van der Waals surface area contributed by atoms with Gasteiger partial charge in [-0.3, -0.25) is 14.7 Å². The van der Waals surface area contributed by atoms with Gasteiger partial charge in [0.25, 0.3) is 0 Å². The van der Waals surface area contributed by atoms with E-state index in [-0.39, 0.29) is 82.0 Å². The Bertz CT molecular complexity index is 2550. The highest BCUT2D eigenvalue weighted by molar-refractivity contribution is 6.03. The molecule has 2 unspecified atom stereocenters. The molecule has 14 heteroatoms. The van der Waals surface area contributed by atoms with Crippen LogP contribution in [0.4, 0.5) is 19.4 Å². The molecular formula is C47H48F2N6O6. The van der Waals surface area contributed by atoms with Crippen molar-refractivity contribution >= 4 is 39.6 Å². The number of carbonyl (C=O) groups is 2. The van der Waals surface area contributed by atoms with Crippen molar-refractivity contribution in [3.05, 3.63) is 77.5 Å². The molecule has 2 aromatic heterocycles. The Morgan fingerprint density at radius 2 is 1.80 bits per heavy atom. The summed E-state index contributed by atoms with van der Waals surface area (Å²) >= 11 is 0. The van der Waals surface area contributed by atoms with Crippen LogP contribution in [0.5, 0.6) is 17.5 Å². The highest BCUT2D eigenvalue weighted by Crippen LogP contribution is 2.43. The Labute approximate surface area is 352 Å². The van der Waals surface area contributed by atoms with Crippen LogP contribution in [0.1, 0.15) is 70.4 Å². The molecule has 0 saturated carbocycles. The normalized spacial score (nSPS) is 22.1. The van der Waals surface area contributed by atoms with E-state index in [2.05, 4.69) is 32.9 Å². The van der Waals surface area contributed by atoms with Gasteiger partial charge in [0, 0.05) is 55.3 Å². The molecule has 3 aromatic carbocycles. The number of esters is 1. The quantitative estimate of drug-likeness (QED) is 0.0601. The van der Waals surface area contributed by atoms with E-state index < -0.39 is 17.8 Å². The smallest absolute Gasteiger partial charge is 0.461 e. The van der Waals surface area contributed by atoms with Gasteiger partial charge in [0.05, 0.1) is 16.5 Å². The summed E-state index contributed by atoms with van der Waals surface area (Å²) in [6.07, 6.45) is 11.8. The first-order chi connectivity index (χ1) is 29.4. The summed E-state index contributed by atoms with van der Waals surface area (Å²) in [7, 11) is 0. The van der Waals surface area contributed by atoms with Gasteiger partial charge in [-0.05, 0) is 91.8 Å². The van der Waals surface area contributed by atoms with Gasteiger partial charge >= 0.3 is 18.1 Å². The van der Waals surface area contributed by atoms with Gasteiger partial charge in [-0.15, -0.1) is 6.42 Å². The van der Waals surface area contributed by atoms with E-state index >= 15 is 8.78 Å². The van der Waals surface area contributed by atoms with E-state index in [9.17, 15) is 9.59 Å². The van der Waals surface area contributed by atoms with Gasteiger partial charge in [-0.1, -0.05) is 44.9 Å². The molecule has 9 rings (SSSR count). The fourth-order valence-corrected chi connectivity index (χ4v) is 9.73. The monoisotopic (exact) mass is 830 g/mol. The number of aromatic nitrogens is 3. The van der Waals surface area contributed by atoms with Gasteiger partial charge in [-0.25, -0.2) is 13.6 Å². The van der Waals surface area contributed by atoms with Crippen molar-refractivity contribution in [2.24, 2.45) is 11.8 Å². The minimum atomic E-state index is -1.04. The van der Waals surface area contributed by atoms with E-state index in [1.807, 2.05) is 13.8 Å². The zero-order valence-electron chi connectivity index (χ0n) is 34.5. The number of hydrogen-bond acceptors (Lipinski definition) is 12. The van der Waals surface area contributed by atoms with Crippen molar-refractivity contribution in [2.45, 2.75) is 83.5 Å². The Kier molecular flexibility index (Phi) is 11.0. The SMILES string of the molecule is C#Cc1c(F)ccc2cc(OC(=O)OCc3ccc(OC(=O)CC(C)C)cc3)cc(-c3ncc4c(N5CC6CCC(C5)N6)nc(OC[C@@]56CCCN5C[C@H](C)C6)nc4c3F)c12. The summed E-state index contributed by atoms with van der Waals surface area (Å²) in [6, 6.07) is 12.8. The largest absolute Gasteiger partial charge is 0.514 e. The van der Waals surface area contributed by atoms with Crippen LogP contribution in [-0.4, -0.2) is 82.4 Å². The molecule has 12 nitrogen and oxygen atoms in total. The third-order valence-corrected chi connectivity index (χ3v) is 12.4. The lowest BCUT2D eigenvalue weighted by Gasteiger charge is -2.34. The summed E-state index contributed by atoms with van der Waals surface area (Å²) in [5, 5.41) is 4.65. The van der Waals surface area contributed by atoms with Crippen molar-refractivity contribution in [1.82, 2.24) is 25.2 Å². The standard InChI is InChI=1S/C47H48F2N6O6/c1-5-35-38(48)14-9-30-18-34(61-46(57)58-25-29-7-12-33(13-8-29)60-39(56)17-27(2)3)19-36(40(30)35)42-41(49)43-37(21-50-42)44(54-23-31-10-11-32(24-54)51-31)53-45(52-43)59-26-47-15-6-16-55(47)22-28(4)20-47/h1,7-9,12-14,18-19,21,27-28,31-32,51H,6,10-11,15-17,20,22-26H2,2-4H3/t28-,31?,32?,47+/m1/s1. The molecule has 316 valence electrons. The lowest BCUT2D eigenvalue weighted by molar-refractivity contribution is -0.135. The molecule has 5 aromatic rings. The van der Waals surface area contributed by atoms with Crippen LogP contribution in [-0.2, 0) is 16.1 Å². The molecule has 4 saturated heterocycles. The predicted molar refractivity (Wildman–Crippen MR) is 225 cm³/mol. The molecule has 4 aliphatic heterocycles. The first-order valence-corrected chi connectivity index (χ1v) is 21.1. The van der Waals surface area contributed by atoms with Crippen molar-refractivity contribution in [1.29, 1.82) is 0 Å². The van der Waals surface area contributed by atoms with Gasteiger partial charge in [0.15, 0.2) is 5.82 Å². The number of rotatable bonds is 11. The lowest BCUT2D eigenvalue weighted by Crippen LogP contribution is -2.51. The number of nitrogens with zero attached hydrogens (tertiary/aromatic N) is 5.